The normalized spacial score (nSPS) is 15.7. The molecule has 1 unspecified atom stereocenters. The zero-order valence-electron chi connectivity index (χ0n) is 22.7. The minimum Gasteiger partial charge on any atom is -0.369 e. The molecule has 12 heteroatoms. The number of rotatable bonds is 7. The number of hydrogen-bond acceptors (Lipinski definition) is 8. The molecule has 0 aliphatic carbocycles. The van der Waals surface area contributed by atoms with Gasteiger partial charge in [-0.05, 0) is 57.5 Å². The van der Waals surface area contributed by atoms with Gasteiger partial charge in [-0.1, -0.05) is 17.7 Å². The molecule has 4 aromatic rings. The first-order valence-corrected chi connectivity index (χ1v) is 14.1. The molecule has 11 nitrogen and oxygen atoms in total. The van der Waals surface area contributed by atoms with E-state index in [-0.39, 0.29) is 16.6 Å². The summed E-state index contributed by atoms with van der Waals surface area (Å²) in [5.74, 6) is -0.0327. The van der Waals surface area contributed by atoms with Crippen LogP contribution >= 0.6 is 0 Å². The predicted molar refractivity (Wildman–Crippen MR) is 152 cm³/mol. The van der Waals surface area contributed by atoms with Crippen LogP contribution < -0.4 is 21.5 Å². The predicted octanol–water partition coefficient (Wildman–Crippen LogP) is 1.33. The Morgan fingerprint density at radius 1 is 1.13 bits per heavy atom. The Morgan fingerprint density at radius 3 is 2.56 bits per heavy atom. The minimum atomic E-state index is -1.61. The molecule has 1 atom stereocenters. The summed E-state index contributed by atoms with van der Waals surface area (Å²) in [5.41, 5.74) is 8.26. The van der Waals surface area contributed by atoms with Crippen molar-refractivity contribution in [3.8, 4) is 0 Å². The first kappa shape index (κ1) is 27.0. The molecule has 1 aliphatic heterocycles. The number of carbonyl (C=O) groups excluding carboxylic acids is 1. The first-order chi connectivity index (χ1) is 18.6. The SMILES string of the molecule is Cc1ccc(S(=O)c2n[nH]n3c2nc(=O)c2ccc(N4CCN(C(C)(C)C(=O)NCCN)CC4)cc23)c(C)c1. The molecular weight excluding hydrogens is 516 g/mol. The van der Waals surface area contributed by atoms with E-state index in [0.29, 0.717) is 55.1 Å². The number of fused-ring (bicyclic) bond motifs is 3. The Hall–Kier alpha value is -3.61. The van der Waals surface area contributed by atoms with Gasteiger partial charge in [0.15, 0.2) is 10.7 Å². The number of aryl methyl sites for hydroxylation is 2. The standard InChI is InChI=1S/C27H34N8O3S/c1-17-5-8-22(18(2)15-17)39(38)25-23-30-24(36)20-7-6-19(16-21(20)35(23)32-31-25)33-11-13-34(14-12-33)27(3,4)26(37)29-10-9-28/h5-8,15-16,32H,9-14,28H2,1-4H3,(H,29,37). The van der Waals surface area contributed by atoms with Gasteiger partial charge in [0, 0.05) is 49.9 Å². The zero-order chi connectivity index (χ0) is 27.9. The summed E-state index contributed by atoms with van der Waals surface area (Å²) >= 11 is 0. The summed E-state index contributed by atoms with van der Waals surface area (Å²) in [6.45, 7) is 11.4. The lowest BCUT2D eigenvalue weighted by atomic mass is 10.00. The number of aromatic amines is 1. The van der Waals surface area contributed by atoms with Crippen molar-refractivity contribution in [2.75, 3.05) is 44.2 Å². The van der Waals surface area contributed by atoms with Crippen molar-refractivity contribution in [1.29, 1.82) is 0 Å². The number of nitrogens with zero attached hydrogens (tertiary/aromatic N) is 5. The fourth-order valence-electron chi connectivity index (χ4n) is 5.10. The lowest BCUT2D eigenvalue weighted by Crippen LogP contribution is -2.61. The van der Waals surface area contributed by atoms with E-state index in [1.54, 1.807) is 10.6 Å². The number of nitrogens with one attached hydrogen (secondary N) is 2. The third kappa shape index (κ3) is 4.95. The van der Waals surface area contributed by atoms with E-state index in [9.17, 15) is 13.8 Å². The number of hydrogen-bond donors (Lipinski definition) is 3. The van der Waals surface area contributed by atoms with Gasteiger partial charge in [0.25, 0.3) is 5.56 Å². The number of piperazine rings is 1. The van der Waals surface area contributed by atoms with Crippen LogP contribution in [0.15, 0.2) is 51.1 Å². The third-order valence-electron chi connectivity index (χ3n) is 7.44. The highest BCUT2D eigenvalue weighted by molar-refractivity contribution is 7.85. The third-order valence-corrected chi connectivity index (χ3v) is 8.92. The number of carbonyl (C=O) groups is 1. The molecular formula is C27H34N8O3S. The number of amides is 1. The van der Waals surface area contributed by atoms with Crippen molar-refractivity contribution >= 4 is 38.9 Å². The maximum atomic E-state index is 13.5. The fraction of sp³-hybridized carbons (Fsp3) is 0.407. The Morgan fingerprint density at radius 2 is 1.87 bits per heavy atom. The van der Waals surface area contributed by atoms with Crippen molar-refractivity contribution in [3.63, 3.8) is 0 Å². The molecule has 4 N–H and O–H groups in total. The zero-order valence-corrected chi connectivity index (χ0v) is 23.5. The maximum absolute atomic E-state index is 13.5. The van der Waals surface area contributed by atoms with Gasteiger partial charge in [-0.25, -0.2) is 13.9 Å². The summed E-state index contributed by atoms with van der Waals surface area (Å²) in [7, 11) is -1.61. The van der Waals surface area contributed by atoms with Crippen LogP contribution in [0.5, 0.6) is 0 Å². The van der Waals surface area contributed by atoms with Crippen molar-refractivity contribution < 1.29 is 9.00 Å². The van der Waals surface area contributed by atoms with Crippen LogP contribution in [0.4, 0.5) is 5.69 Å². The number of H-pyrrole nitrogens is 1. The van der Waals surface area contributed by atoms with Crippen LogP contribution in [-0.2, 0) is 15.6 Å². The number of benzene rings is 2. The highest BCUT2D eigenvalue weighted by Crippen LogP contribution is 2.26. The van der Waals surface area contributed by atoms with Crippen LogP contribution in [0.3, 0.4) is 0 Å². The topological polar surface area (TPSA) is 142 Å². The van der Waals surface area contributed by atoms with Gasteiger partial charge >= 0.3 is 0 Å². The molecule has 0 bridgehead atoms. The first-order valence-electron chi connectivity index (χ1n) is 13.0. The Labute approximate surface area is 228 Å². The summed E-state index contributed by atoms with van der Waals surface area (Å²) < 4.78 is 15.1. The van der Waals surface area contributed by atoms with Crippen molar-refractivity contribution in [3.05, 3.63) is 57.9 Å². The molecule has 1 saturated heterocycles. The lowest BCUT2D eigenvalue weighted by Gasteiger charge is -2.43. The van der Waals surface area contributed by atoms with Crippen LogP contribution in [0.2, 0.25) is 0 Å². The fourth-order valence-corrected chi connectivity index (χ4v) is 6.28. The Bertz CT molecular complexity index is 1640. The summed E-state index contributed by atoms with van der Waals surface area (Å²) in [6, 6.07) is 11.3. The van der Waals surface area contributed by atoms with Gasteiger partial charge in [-0.15, -0.1) is 5.10 Å². The quantitative estimate of drug-likeness (QED) is 0.313. The second kappa shape index (κ2) is 10.5. The van der Waals surface area contributed by atoms with E-state index in [1.807, 2.05) is 58.0 Å². The van der Waals surface area contributed by atoms with Gasteiger partial charge < -0.3 is 16.0 Å². The van der Waals surface area contributed by atoms with Crippen LogP contribution in [0.1, 0.15) is 25.0 Å². The minimum absolute atomic E-state index is 0.0327. The smallest absolute Gasteiger partial charge is 0.281 e. The van der Waals surface area contributed by atoms with Gasteiger partial charge in [-0.3, -0.25) is 14.5 Å². The number of aromatic nitrogens is 4. The molecule has 0 spiro atoms. The van der Waals surface area contributed by atoms with Crippen LogP contribution in [0.25, 0.3) is 16.6 Å². The lowest BCUT2D eigenvalue weighted by molar-refractivity contribution is -0.131. The largest absolute Gasteiger partial charge is 0.369 e. The molecule has 3 heterocycles. The van der Waals surface area contributed by atoms with E-state index in [4.69, 9.17) is 5.73 Å². The molecule has 1 amide bonds. The summed E-state index contributed by atoms with van der Waals surface area (Å²) in [6.07, 6.45) is 0. The molecule has 0 radical (unpaired) electrons. The second-order valence-electron chi connectivity index (χ2n) is 10.4. The molecule has 39 heavy (non-hydrogen) atoms. The summed E-state index contributed by atoms with van der Waals surface area (Å²) in [5, 5.41) is 10.8. The number of nitrogens with two attached hydrogens (primary N) is 1. The maximum Gasteiger partial charge on any atom is 0.281 e. The monoisotopic (exact) mass is 550 g/mol. The van der Waals surface area contributed by atoms with E-state index in [1.165, 1.54) is 0 Å². The molecule has 2 aromatic carbocycles. The van der Waals surface area contributed by atoms with Gasteiger partial charge in [-0.2, -0.15) is 4.98 Å². The van der Waals surface area contributed by atoms with Gasteiger partial charge in [0.2, 0.25) is 5.91 Å². The van der Waals surface area contributed by atoms with Crippen molar-refractivity contribution in [1.82, 2.24) is 30.0 Å². The molecule has 1 aliphatic rings. The van der Waals surface area contributed by atoms with E-state index >= 15 is 0 Å². The molecule has 1 fully saturated rings. The van der Waals surface area contributed by atoms with Crippen molar-refractivity contribution in [2.45, 2.75) is 43.2 Å². The van der Waals surface area contributed by atoms with E-state index in [2.05, 4.69) is 30.4 Å². The van der Waals surface area contributed by atoms with E-state index in [0.717, 1.165) is 16.8 Å². The summed E-state index contributed by atoms with van der Waals surface area (Å²) in [4.78, 5) is 34.9. The Kier molecular flexibility index (Phi) is 7.27. The molecule has 2 aromatic heterocycles. The van der Waals surface area contributed by atoms with Crippen LogP contribution in [0, 0.1) is 13.8 Å². The molecule has 206 valence electrons. The average Bonchev–Trinajstić information content (AvgIpc) is 3.35. The molecule has 0 saturated carbocycles. The van der Waals surface area contributed by atoms with Gasteiger partial charge in [0.05, 0.1) is 16.4 Å². The highest BCUT2D eigenvalue weighted by Gasteiger charge is 2.36. The Balaban J connectivity index is 1.43. The second-order valence-corrected chi connectivity index (χ2v) is 11.8. The molecule has 5 rings (SSSR count). The van der Waals surface area contributed by atoms with Crippen LogP contribution in [-0.4, -0.2) is 79.6 Å². The van der Waals surface area contributed by atoms with Gasteiger partial charge in [0.1, 0.15) is 10.8 Å². The van der Waals surface area contributed by atoms with E-state index < -0.39 is 21.9 Å². The van der Waals surface area contributed by atoms with Crippen molar-refractivity contribution in [2.24, 2.45) is 5.73 Å². The number of anilines is 1. The highest BCUT2D eigenvalue weighted by atomic mass is 32.2. The average molecular weight is 551 g/mol.